The van der Waals surface area contributed by atoms with Gasteiger partial charge in [0.05, 0.1) is 31.1 Å². The zero-order valence-electron chi connectivity index (χ0n) is 25.7. The largest absolute Gasteiger partial charge is 0.480 e. The second kappa shape index (κ2) is 14.1. The number of rotatable bonds is 10. The number of pyridine rings is 1. The summed E-state index contributed by atoms with van der Waals surface area (Å²) < 4.78 is 67.5. The molecule has 3 heterocycles. The molecule has 0 spiro atoms. The van der Waals surface area contributed by atoms with Gasteiger partial charge in [-0.2, -0.15) is 10.2 Å². The highest BCUT2D eigenvalue weighted by atomic mass is 19.2. The first-order chi connectivity index (χ1) is 22.5. The molecular formula is C31H31F4N7O5. The summed E-state index contributed by atoms with van der Waals surface area (Å²) in [4.78, 5) is 36.2. The number of methoxy groups -OCH3 is 2. The molecule has 16 heteroatoms. The number of carbonyl (C=O) groups is 2. The van der Waals surface area contributed by atoms with E-state index >= 15 is 0 Å². The Hall–Kier alpha value is -5.06. The lowest BCUT2D eigenvalue weighted by Gasteiger charge is -2.20. The molecule has 3 N–H and O–H groups in total. The van der Waals surface area contributed by atoms with Gasteiger partial charge >= 0.3 is 6.03 Å². The molecule has 0 unspecified atom stereocenters. The van der Waals surface area contributed by atoms with Crippen LogP contribution >= 0.6 is 0 Å². The van der Waals surface area contributed by atoms with Crippen molar-refractivity contribution in [2.75, 3.05) is 46.3 Å². The third kappa shape index (κ3) is 7.03. The number of carbonyl (C=O) groups excluding carboxylic acids is 2. The molecule has 1 aliphatic rings. The first kappa shape index (κ1) is 33.3. The van der Waals surface area contributed by atoms with E-state index in [0.29, 0.717) is 29.8 Å². The molecule has 0 radical (unpaired) electrons. The van der Waals surface area contributed by atoms with Crippen molar-refractivity contribution in [3.63, 3.8) is 0 Å². The van der Waals surface area contributed by atoms with E-state index in [1.165, 1.54) is 55.4 Å². The van der Waals surface area contributed by atoms with Gasteiger partial charge in [-0.1, -0.05) is 6.07 Å². The maximum absolute atomic E-state index is 14.3. The zero-order valence-corrected chi connectivity index (χ0v) is 25.7. The van der Waals surface area contributed by atoms with Crippen molar-refractivity contribution in [2.24, 2.45) is 0 Å². The normalized spacial score (nSPS) is 16.3. The topological polar surface area (TPSA) is 132 Å². The zero-order chi connectivity index (χ0) is 33.8. The molecule has 1 saturated heterocycles. The number of hydrogen-bond donors (Lipinski definition) is 3. The number of ether oxygens (including phenoxy) is 2. The van der Waals surface area contributed by atoms with Gasteiger partial charge in [0.2, 0.25) is 5.88 Å². The molecule has 2 aromatic carbocycles. The number of aromatic nitrogens is 3. The van der Waals surface area contributed by atoms with Gasteiger partial charge in [0.1, 0.15) is 17.5 Å². The monoisotopic (exact) mass is 657 g/mol. The Labute approximate surface area is 266 Å². The van der Waals surface area contributed by atoms with E-state index in [1.54, 1.807) is 6.92 Å². The second-order valence-corrected chi connectivity index (χ2v) is 10.5. The van der Waals surface area contributed by atoms with Crippen LogP contribution in [0.2, 0.25) is 0 Å². The van der Waals surface area contributed by atoms with E-state index < -0.39 is 47.4 Å². The number of urea groups is 1. The molecule has 47 heavy (non-hydrogen) atoms. The predicted molar refractivity (Wildman–Crippen MR) is 161 cm³/mol. The average molecular weight is 658 g/mol. The van der Waals surface area contributed by atoms with Gasteiger partial charge in [0, 0.05) is 50.6 Å². The van der Waals surface area contributed by atoms with Gasteiger partial charge < -0.3 is 20.1 Å². The summed E-state index contributed by atoms with van der Waals surface area (Å²) in [6.45, 7) is 2.44. The second-order valence-electron chi connectivity index (χ2n) is 10.5. The van der Waals surface area contributed by atoms with Gasteiger partial charge in [-0.05, 0) is 42.8 Å². The van der Waals surface area contributed by atoms with E-state index in [9.17, 15) is 27.2 Å². The van der Waals surface area contributed by atoms with Crippen LogP contribution < -0.4 is 20.7 Å². The summed E-state index contributed by atoms with van der Waals surface area (Å²) in [5, 5.41) is 14.1. The number of anilines is 1. The Morgan fingerprint density at radius 1 is 1.02 bits per heavy atom. The number of nitrogens with one attached hydrogen (secondary N) is 3. The first-order valence-electron chi connectivity index (χ1n) is 14.3. The summed E-state index contributed by atoms with van der Waals surface area (Å²) in [7, 11) is 4.32. The first-order valence-corrected chi connectivity index (χ1v) is 14.3. The number of hydrogen-bond acceptors (Lipinski definition) is 8. The molecule has 2 atom stereocenters. The average Bonchev–Trinajstić information content (AvgIpc) is 3.61. The van der Waals surface area contributed by atoms with Gasteiger partial charge in [-0.3, -0.25) is 14.9 Å². The predicted octanol–water partition coefficient (Wildman–Crippen LogP) is 4.29. The Bertz CT molecular complexity index is 1800. The quantitative estimate of drug-likeness (QED) is 0.215. The smallest absolute Gasteiger partial charge is 0.320 e. The van der Waals surface area contributed by atoms with Crippen LogP contribution in [0.5, 0.6) is 5.88 Å². The van der Waals surface area contributed by atoms with Gasteiger partial charge in [0.15, 0.2) is 23.3 Å². The molecule has 12 nitrogen and oxygen atoms in total. The third-order valence-corrected chi connectivity index (χ3v) is 7.45. The number of benzene rings is 2. The molecule has 0 aliphatic carbocycles. The van der Waals surface area contributed by atoms with Crippen LogP contribution in [0.15, 0.2) is 48.7 Å². The lowest BCUT2D eigenvalue weighted by molar-refractivity contribution is -0.154. The number of amides is 3. The molecule has 1 aliphatic heterocycles. The Kier molecular flexibility index (Phi) is 10.0. The fourth-order valence-electron chi connectivity index (χ4n) is 5.11. The van der Waals surface area contributed by atoms with E-state index in [1.807, 2.05) is 0 Å². The summed E-state index contributed by atoms with van der Waals surface area (Å²) in [6, 6.07) is 6.45. The van der Waals surface area contributed by atoms with Crippen molar-refractivity contribution in [1.82, 2.24) is 30.5 Å². The number of hydroxylamine groups is 2. The summed E-state index contributed by atoms with van der Waals surface area (Å²) in [6.07, 6.45) is 0.533. The lowest BCUT2D eigenvalue weighted by Crippen LogP contribution is -2.42. The third-order valence-electron chi connectivity index (χ3n) is 7.45. The minimum absolute atomic E-state index is 0.0671. The van der Waals surface area contributed by atoms with Gasteiger partial charge in [0.25, 0.3) is 5.91 Å². The molecule has 0 saturated carbocycles. The molecule has 5 rings (SSSR count). The highest BCUT2D eigenvalue weighted by molar-refractivity contribution is 5.97. The molecule has 0 bridgehead atoms. The van der Waals surface area contributed by atoms with Crippen LogP contribution in [0, 0.1) is 30.2 Å². The van der Waals surface area contributed by atoms with Crippen molar-refractivity contribution in [1.29, 1.82) is 0 Å². The fourth-order valence-corrected chi connectivity index (χ4v) is 5.11. The minimum Gasteiger partial charge on any atom is -0.480 e. The Balaban J connectivity index is 1.50. The number of nitrogens with zero attached hydrogens (tertiary/aromatic N) is 4. The van der Waals surface area contributed by atoms with Crippen LogP contribution in [-0.4, -0.2) is 78.8 Å². The van der Waals surface area contributed by atoms with Crippen molar-refractivity contribution in [2.45, 2.75) is 19.1 Å². The van der Waals surface area contributed by atoms with Crippen LogP contribution in [0.3, 0.4) is 0 Å². The minimum atomic E-state index is -1.14. The maximum Gasteiger partial charge on any atom is 0.320 e. The highest BCUT2D eigenvalue weighted by Crippen LogP contribution is 2.34. The van der Waals surface area contributed by atoms with E-state index in [-0.39, 0.29) is 35.2 Å². The van der Waals surface area contributed by atoms with Crippen LogP contribution in [0.25, 0.3) is 16.9 Å². The van der Waals surface area contributed by atoms with Crippen LogP contribution in [0.4, 0.5) is 28.2 Å². The van der Waals surface area contributed by atoms with Crippen molar-refractivity contribution in [3.8, 4) is 22.8 Å². The summed E-state index contributed by atoms with van der Waals surface area (Å²) in [5.41, 5.74) is 1.50. The molecular weight excluding hydrogens is 626 g/mol. The summed E-state index contributed by atoms with van der Waals surface area (Å²) >= 11 is 0. The van der Waals surface area contributed by atoms with Crippen LogP contribution in [-0.2, 0) is 9.57 Å². The van der Waals surface area contributed by atoms with Crippen molar-refractivity contribution < 1.29 is 41.5 Å². The van der Waals surface area contributed by atoms with E-state index in [2.05, 4.69) is 26.0 Å². The Morgan fingerprint density at radius 3 is 2.40 bits per heavy atom. The van der Waals surface area contributed by atoms with Gasteiger partial charge in [-0.15, -0.1) is 0 Å². The van der Waals surface area contributed by atoms with E-state index in [4.69, 9.17) is 14.3 Å². The number of halogens is 4. The lowest BCUT2D eigenvalue weighted by atomic mass is 10.0. The maximum atomic E-state index is 14.3. The molecule has 2 aromatic heterocycles. The Morgan fingerprint density at radius 2 is 1.74 bits per heavy atom. The van der Waals surface area contributed by atoms with Crippen molar-refractivity contribution in [3.05, 3.63) is 88.6 Å². The molecule has 3 amide bonds. The van der Waals surface area contributed by atoms with E-state index in [0.717, 1.165) is 24.3 Å². The molecule has 1 fully saturated rings. The van der Waals surface area contributed by atoms with Crippen molar-refractivity contribution >= 4 is 17.8 Å². The summed E-state index contributed by atoms with van der Waals surface area (Å²) in [5.74, 6) is -4.65. The SMILES string of the molecule is CNC(=O)c1cc(-c2nn(-c3ccc(F)c(F)c3)c(NC(=O)N[C@@H]3CN(CCOC)O[C@H]3c3ccc(F)c(F)c3)c2C)cnc1OC. The standard InChI is InChI=1S/C31H31F4N7O5/c1-16-26(18-11-20(29(43)36-2)30(46-4)37-14-18)40-42(19-6-8-22(33)24(35)13-19)28(16)39-31(44)38-25-15-41(9-10-45-3)47-27(25)17-5-7-21(32)23(34)12-17/h5-8,11-14,25,27H,9-10,15H2,1-4H3,(H,36,43)(H2,38,39,44)/t25-,27+/m1/s1. The fraction of sp³-hybridized carbons (Fsp3) is 0.290. The molecule has 248 valence electrons. The van der Waals surface area contributed by atoms with Gasteiger partial charge in [-0.25, -0.2) is 32.0 Å². The molecule has 4 aromatic rings. The highest BCUT2D eigenvalue weighted by Gasteiger charge is 2.37. The van der Waals surface area contributed by atoms with Crippen LogP contribution in [0.1, 0.15) is 27.6 Å².